The molecule has 25 heavy (non-hydrogen) atoms. The van der Waals surface area contributed by atoms with Gasteiger partial charge in [-0.15, -0.1) is 0 Å². The third kappa shape index (κ3) is 1.99. The number of fused-ring (bicyclic) bond motifs is 2. The molecule has 0 heterocycles. The van der Waals surface area contributed by atoms with Crippen LogP contribution in [0.5, 0.6) is 17.2 Å². The summed E-state index contributed by atoms with van der Waals surface area (Å²) in [4.78, 5) is 0. The van der Waals surface area contributed by atoms with Gasteiger partial charge in [-0.3, -0.25) is 0 Å². The Morgan fingerprint density at radius 3 is 1.84 bits per heavy atom. The molecule has 4 rings (SSSR count). The molecule has 0 radical (unpaired) electrons. The zero-order valence-corrected chi connectivity index (χ0v) is 14.6. The fourth-order valence-corrected chi connectivity index (χ4v) is 4.02. The zero-order valence-electron chi connectivity index (χ0n) is 14.6. The zero-order chi connectivity index (χ0) is 17.4. The van der Waals surface area contributed by atoms with Crippen molar-refractivity contribution in [2.45, 2.75) is 5.41 Å². The number of benzene rings is 2. The molecular weight excluding hydrogens is 312 g/mol. The Morgan fingerprint density at radius 1 is 0.680 bits per heavy atom. The van der Waals surface area contributed by atoms with E-state index in [1.807, 2.05) is 12.1 Å². The van der Waals surface area contributed by atoms with Gasteiger partial charge in [0.25, 0.3) is 0 Å². The molecule has 2 bridgehead atoms. The van der Waals surface area contributed by atoms with Crippen molar-refractivity contribution in [1.82, 2.24) is 0 Å². The molecule has 0 amide bonds. The summed E-state index contributed by atoms with van der Waals surface area (Å²) in [6.45, 7) is 0. The van der Waals surface area contributed by atoms with Crippen molar-refractivity contribution < 1.29 is 14.2 Å². The lowest BCUT2D eigenvalue weighted by Crippen LogP contribution is -2.27. The van der Waals surface area contributed by atoms with Crippen LogP contribution in [0.1, 0.15) is 11.1 Å². The second kappa shape index (κ2) is 5.85. The van der Waals surface area contributed by atoms with Crippen LogP contribution in [0.15, 0.2) is 77.9 Å². The monoisotopic (exact) mass is 332 g/mol. The van der Waals surface area contributed by atoms with E-state index in [-0.39, 0.29) is 5.41 Å². The van der Waals surface area contributed by atoms with E-state index in [2.05, 4.69) is 54.6 Å². The van der Waals surface area contributed by atoms with E-state index in [9.17, 15) is 0 Å². The third-order valence-corrected chi connectivity index (χ3v) is 5.07. The maximum Gasteiger partial charge on any atom is 0.203 e. The van der Waals surface area contributed by atoms with Crippen LogP contribution in [-0.2, 0) is 5.41 Å². The van der Waals surface area contributed by atoms with Crippen molar-refractivity contribution in [3.8, 4) is 17.2 Å². The molecule has 0 N–H and O–H groups in total. The van der Waals surface area contributed by atoms with E-state index in [1.165, 1.54) is 16.7 Å². The van der Waals surface area contributed by atoms with Gasteiger partial charge in [-0.25, -0.2) is 0 Å². The minimum atomic E-state index is -0.369. The van der Waals surface area contributed by atoms with Gasteiger partial charge in [0.15, 0.2) is 11.5 Å². The molecule has 0 saturated carbocycles. The molecule has 0 atom stereocenters. The molecule has 0 unspecified atom stereocenters. The maximum atomic E-state index is 5.81. The molecule has 126 valence electrons. The number of rotatable bonds is 5. The molecule has 0 aromatic heterocycles. The molecule has 2 aromatic carbocycles. The predicted molar refractivity (Wildman–Crippen MR) is 98.6 cm³/mol. The van der Waals surface area contributed by atoms with Gasteiger partial charge in [0.2, 0.25) is 5.75 Å². The largest absolute Gasteiger partial charge is 0.493 e. The van der Waals surface area contributed by atoms with Gasteiger partial charge in [0.05, 0.1) is 26.7 Å². The van der Waals surface area contributed by atoms with E-state index < -0.39 is 0 Å². The first-order valence-corrected chi connectivity index (χ1v) is 8.23. The third-order valence-electron chi connectivity index (χ3n) is 5.07. The summed E-state index contributed by atoms with van der Waals surface area (Å²) < 4.78 is 16.9. The van der Waals surface area contributed by atoms with Gasteiger partial charge in [-0.1, -0.05) is 54.6 Å². The number of allylic oxidation sites excluding steroid dienone is 6. The highest BCUT2D eigenvalue weighted by atomic mass is 16.5. The highest BCUT2D eigenvalue weighted by Gasteiger charge is 2.47. The summed E-state index contributed by atoms with van der Waals surface area (Å²) in [7, 11) is 4.95. The molecule has 3 heteroatoms. The van der Waals surface area contributed by atoms with Crippen molar-refractivity contribution >= 4 is 0 Å². The van der Waals surface area contributed by atoms with Crippen LogP contribution in [0.4, 0.5) is 0 Å². The molecule has 0 aliphatic heterocycles. The van der Waals surface area contributed by atoms with Crippen molar-refractivity contribution in [3.63, 3.8) is 0 Å². The number of hydrogen-bond acceptors (Lipinski definition) is 3. The molecule has 0 spiro atoms. The molecule has 2 aromatic rings. The molecule has 2 aliphatic carbocycles. The fraction of sp³-hybridized carbons (Fsp3) is 0.182. The van der Waals surface area contributed by atoms with Gasteiger partial charge < -0.3 is 14.2 Å². The van der Waals surface area contributed by atoms with Gasteiger partial charge in [-0.2, -0.15) is 0 Å². The first-order valence-electron chi connectivity index (χ1n) is 8.23. The maximum absolute atomic E-state index is 5.81. The van der Waals surface area contributed by atoms with Gasteiger partial charge in [0.1, 0.15) is 0 Å². The summed E-state index contributed by atoms with van der Waals surface area (Å²) in [6.07, 6.45) is 8.72. The van der Waals surface area contributed by atoms with Crippen LogP contribution >= 0.6 is 0 Å². The first-order chi connectivity index (χ1) is 12.3. The van der Waals surface area contributed by atoms with Gasteiger partial charge in [0, 0.05) is 5.56 Å². The van der Waals surface area contributed by atoms with Crippen molar-refractivity contribution in [3.05, 3.63) is 89.0 Å². The van der Waals surface area contributed by atoms with E-state index in [0.29, 0.717) is 17.2 Å². The normalized spacial score (nSPS) is 16.4. The average molecular weight is 332 g/mol. The topological polar surface area (TPSA) is 27.7 Å². The van der Waals surface area contributed by atoms with Crippen molar-refractivity contribution in [1.29, 1.82) is 0 Å². The fourth-order valence-electron chi connectivity index (χ4n) is 4.02. The van der Waals surface area contributed by atoms with E-state index >= 15 is 0 Å². The Hall–Kier alpha value is -2.94. The van der Waals surface area contributed by atoms with Gasteiger partial charge in [-0.05, 0) is 28.8 Å². The predicted octanol–water partition coefficient (Wildman–Crippen LogP) is 4.43. The van der Waals surface area contributed by atoms with E-state index in [0.717, 1.165) is 5.56 Å². The van der Waals surface area contributed by atoms with Crippen molar-refractivity contribution in [2.24, 2.45) is 0 Å². The lowest BCUT2D eigenvalue weighted by atomic mass is 9.69. The quantitative estimate of drug-likeness (QED) is 0.810. The van der Waals surface area contributed by atoms with E-state index in [1.54, 1.807) is 21.3 Å². The Kier molecular flexibility index (Phi) is 3.65. The Morgan fingerprint density at radius 2 is 1.32 bits per heavy atom. The second-order valence-corrected chi connectivity index (χ2v) is 6.08. The Bertz CT molecular complexity index is 882. The van der Waals surface area contributed by atoms with Crippen LogP contribution < -0.4 is 14.2 Å². The standard InChI is InChI=1S/C22H20O3/c1-23-19-14-13-18(20(24-2)21(19)25-3)22(15-7-5-4-6-8-15)16-9-10-17(22)12-11-16/h4-14H,1-3H3. The molecular formula is C22H20O3. The Labute approximate surface area is 147 Å². The molecule has 0 saturated heterocycles. The van der Waals surface area contributed by atoms with Crippen LogP contribution in [0.2, 0.25) is 0 Å². The SMILES string of the molecule is COc1ccc(C2(c3ccccc3)C3=CC=C2C=C3)c(OC)c1OC. The molecule has 2 aliphatic rings. The minimum Gasteiger partial charge on any atom is -0.493 e. The summed E-state index contributed by atoms with van der Waals surface area (Å²) in [5.41, 5.74) is 4.37. The Balaban J connectivity index is 2.04. The van der Waals surface area contributed by atoms with Gasteiger partial charge >= 0.3 is 0 Å². The lowest BCUT2D eigenvalue weighted by Gasteiger charge is -2.33. The summed E-state index contributed by atoms with van der Waals surface area (Å²) >= 11 is 0. The lowest BCUT2D eigenvalue weighted by molar-refractivity contribution is 0.320. The van der Waals surface area contributed by atoms with Crippen LogP contribution in [0.3, 0.4) is 0 Å². The number of ether oxygens (including phenoxy) is 3. The minimum absolute atomic E-state index is 0.369. The summed E-state index contributed by atoms with van der Waals surface area (Å²) in [6, 6.07) is 14.5. The van der Waals surface area contributed by atoms with Crippen molar-refractivity contribution in [2.75, 3.05) is 21.3 Å². The van der Waals surface area contributed by atoms with Crippen LogP contribution in [-0.4, -0.2) is 21.3 Å². The highest BCUT2D eigenvalue weighted by molar-refractivity contribution is 5.76. The number of methoxy groups -OCH3 is 3. The summed E-state index contributed by atoms with van der Waals surface area (Å²) in [5, 5.41) is 0. The average Bonchev–Trinajstić information content (AvgIpc) is 3.23. The molecule has 0 fully saturated rings. The van der Waals surface area contributed by atoms with Crippen LogP contribution in [0, 0.1) is 0 Å². The van der Waals surface area contributed by atoms with E-state index in [4.69, 9.17) is 14.2 Å². The molecule has 3 nitrogen and oxygen atoms in total. The highest BCUT2D eigenvalue weighted by Crippen LogP contribution is 2.57. The second-order valence-electron chi connectivity index (χ2n) is 6.08. The van der Waals surface area contributed by atoms with Crippen LogP contribution in [0.25, 0.3) is 0 Å². The summed E-state index contributed by atoms with van der Waals surface area (Å²) in [5.74, 6) is 1.98. The smallest absolute Gasteiger partial charge is 0.203 e. The number of hydrogen-bond donors (Lipinski definition) is 0. The first kappa shape index (κ1) is 15.6.